The molecule has 16 heavy (non-hydrogen) atoms. The van der Waals surface area contributed by atoms with Crippen LogP contribution in [-0.4, -0.2) is 61.2 Å². The molecule has 0 aliphatic carbocycles. The van der Waals surface area contributed by atoms with Crippen LogP contribution in [0, 0.1) is 0 Å². The maximum Gasteiger partial charge on any atom is 0.0263 e. The van der Waals surface area contributed by atoms with Crippen molar-refractivity contribution in [2.75, 3.05) is 39.3 Å². The fourth-order valence-corrected chi connectivity index (χ4v) is 3.86. The average Bonchev–Trinajstić information content (AvgIpc) is 2.79. The first-order chi connectivity index (χ1) is 7.95. The van der Waals surface area contributed by atoms with Gasteiger partial charge in [0.15, 0.2) is 0 Å². The van der Waals surface area contributed by atoms with E-state index in [1.807, 2.05) is 0 Å². The third-order valence-electron chi connectivity index (χ3n) is 4.64. The standard InChI is InChI=1S/C13H25N3/c1-4-12-13(5-11-16(12)8-1)15-9-2-6-14-7-3-10-15/h12-14H,1-11H2. The second-order valence-electron chi connectivity index (χ2n) is 5.59. The highest BCUT2D eigenvalue weighted by atomic mass is 15.3. The molecule has 0 aromatic rings. The minimum Gasteiger partial charge on any atom is -0.317 e. The first-order valence-electron chi connectivity index (χ1n) is 7.14. The minimum absolute atomic E-state index is 0.889. The number of fused-ring (bicyclic) bond motifs is 1. The van der Waals surface area contributed by atoms with Gasteiger partial charge in [0.2, 0.25) is 0 Å². The van der Waals surface area contributed by atoms with Crippen LogP contribution >= 0.6 is 0 Å². The van der Waals surface area contributed by atoms with Crippen LogP contribution in [0.15, 0.2) is 0 Å². The van der Waals surface area contributed by atoms with Gasteiger partial charge in [0, 0.05) is 18.6 Å². The van der Waals surface area contributed by atoms with E-state index in [-0.39, 0.29) is 0 Å². The van der Waals surface area contributed by atoms with Gasteiger partial charge in [-0.05, 0) is 64.8 Å². The summed E-state index contributed by atoms with van der Waals surface area (Å²) in [5.74, 6) is 0. The number of hydrogen-bond donors (Lipinski definition) is 1. The van der Waals surface area contributed by atoms with Crippen molar-refractivity contribution in [1.29, 1.82) is 0 Å². The molecule has 0 amide bonds. The van der Waals surface area contributed by atoms with E-state index in [4.69, 9.17) is 0 Å². The third kappa shape index (κ3) is 2.13. The Morgan fingerprint density at radius 2 is 1.31 bits per heavy atom. The zero-order valence-corrected chi connectivity index (χ0v) is 10.3. The average molecular weight is 223 g/mol. The van der Waals surface area contributed by atoms with Gasteiger partial charge in [-0.2, -0.15) is 0 Å². The number of nitrogens with zero attached hydrogens (tertiary/aromatic N) is 2. The first-order valence-corrected chi connectivity index (χ1v) is 7.14. The highest BCUT2D eigenvalue weighted by Crippen LogP contribution is 2.31. The molecular weight excluding hydrogens is 198 g/mol. The van der Waals surface area contributed by atoms with Gasteiger partial charge in [-0.15, -0.1) is 0 Å². The van der Waals surface area contributed by atoms with E-state index < -0.39 is 0 Å². The molecule has 1 N–H and O–H groups in total. The summed E-state index contributed by atoms with van der Waals surface area (Å²) < 4.78 is 0. The van der Waals surface area contributed by atoms with E-state index in [1.165, 1.54) is 71.4 Å². The molecule has 3 rings (SSSR count). The number of nitrogens with one attached hydrogen (secondary N) is 1. The lowest BCUT2D eigenvalue weighted by Crippen LogP contribution is -2.45. The highest BCUT2D eigenvalue weighted by Gasteiger charge is 2.39. The molecule has 2 atom stereocenters. The summed E-state index contributed by atoms with van der Waals surface area (Å²) in [5, 5.41) is 3.51. The third-order valence-corrected chi connectivity index (χ3v) is 4.64. The quantitative estimate of drug-likeness (QED) is 0.713. The lowest BCUT2D eigenvalue weighted by atomic mass is 10.0. The summed E-state index contributed by atoms with van der Waals surface area (Å²) in [5.41, 5.74) is 0. The van der Waals surface area contributed by atoms with Crippen molar-refractivity contribution in [2.24, 2.45) is 0 Å². The smallest absolute Gasteiger partial charge is 0.0263 e. The lowest BCUT2D eigenvalue weighted by molar-refractivity contribution is 0.150. The summed E-state index contributed by atoms with van der Waals surface area (Å²) in [4.78, 5) is 5.54. The molecule has 3 aliphatic rings. The molecule has 3 saturated heterocycles. The van der Waals surface area contributed by atoms with Gasteiger partial charge in [-0.1, -0.05) is 0 Å². The molecule has 92 valence electrons. The van der Waals surface area contributed by atoms with Crippen LogP contribution in [0.5, 0.6) is 0 Å². The molecule has 0 bridgehead atoms. The zero-order valence-electron chi connectivity index (χ0n) is 10.3. The molecule has 0 radical (unpaired) electrons. The molecule has 3 heteroatoms. The van der Waals surface area contributed by atoms with Crippen LogP contribution in [0.1, 0.15) is 32.1 Å². The Morgan fingerprint density at radius 1 is 0.688 bits per heavy atom. The summed E-state index contributed by atoms with van der Waals surface area (Å²) >= 11 is 0. The largest absolute Gasteiger partial charge is 0.317 e. The van der Waals surface area contributed by atoms with Crippen LogP contribution in [0.3, 0.4) is 0 Å². The summed E-state index contributed by atoms with van der Waals surface area (Å²) in [6, 6.07) is 1.80. The van der Waals surface area contributed by atoms with Crippen molar-refractivity contribution in [3.63, 3.8) is 0 Å². The van der Waals surface area contributed by atoms with Gasteiger partial charge in [0.05, 0.1) is 0 Å². The molecule has 0 aromatic heterocycles. The summed E-state index contributed by atoms with van der Waals surface area (Å²) in [6.45, 7) is 7.82. The van der Waals surface area contributed by atoms with Crippen LogP contribution in [-0.2, 0) is 0 Å². The molecule has 3 fully saturated rings. The maximum absolute atomic E-state index is 3.51. The Balaban J connectivity index is 1.61. The zero-order chi connectivity index (χ0) is 10.8. The molecule has 3 nitrogen and oxygen atoms in total. The molecule has 0 aromatic carbocycles. The van der Waals surface area contributed by atoms with E-state index in [1.54, 1.807) is 0 Å². The van der Waals surface area contributed by atoms with Gasteiger partial charge in [0.1, 0.15) is 0 Å². The fourth-order valence-electron chi connectivity index (χ4n) is 3.86. The SMILES string of the molecule is C1CNCCCN(C2CCN3CCCC23)C1. The van der Waals surface area contributed by atoms with Crippen molar-refractivity contribution >= 4 is 0 Å². The van der Waals surface area contributed by atoms with Crippen molar-refractivity contribution in [1.82, 2.24) is 15.1 Å². The molecule has 0 spiro atoms. The van der Waals surface area contributed by atoms with Gasteiger partial charge in [-0.3, -0.25) is 9.80 Å². The van der Waals surface area contributed by atoms with E-state index >= 15 is 0 Å². The fraction of sp³-hybridized carbons (Fsp3) is 1.00. The highest BCUT2D eigenvalue weighted by molar-refractivity contribution is 4.97. The Kier molecular flexibility index (Phi) is 3.46. The predicted molar refractivity (Wildman–Crippen MR) is 66.7 cm³/mol. The first kappa shape index (κ1) is 11.0. The van der Waals surface area contributed by atoms with Crippen molar-refractivity contribution < 1.29 is 0 Å². The van der Waals surface area contributed by atoms with Crippen LogP contribution < -0.4 is 5.32 Å². The molecule has 0 saturated carbocycles. The van der Waals surface area contributed by atoms with Crippen molar-refractivity contribution in [3.8, 4) is 0 Å². The summed E-state index contributed by atoms with van der Waals surface area (Å²) in [7, 11) is 0. The summed E-state index contributed by atoms with van der Waals surface area (Å²) in [6.07, 6.45) is 7.00. The van der Waals surface area contributed by atoms with Crippen molar-refractivity contribution in [3.05, 3.63) is 0 Å². The van der Waals surface area contributed by atoms with E-state index in [0.717, 1.165) is 12.1 Å². The van der Waals surface area contributed by atoms with E-state index in [9.17, 15) is 0 Å². The molecule has 3 heterocycles. The Morgan fingerprint density at radius 3 is 2.12 bits per heavy atom. The monoisotopic (exact) mass is 223 g/mol. The van der Waals surface area contributed by atoms with Gasteiger partial charge in [0.25, 0.3) is 0 Å². The van der Waals surface area contributed by atoms with Gasteiger partial charge >= 0.3 is 0 Å². The van der Waals surface area contributed by atoms with E-state index in [0.29, 0.717) is 0 Å². The van der Waals surface area contributed by atoms with E-state index in [2.05, 4.69) is 15.1 Å². The van der Waals surface area contributed by atoms with Crippen LogP contribution in [0.25, 0.3) is 0 Å². The van der Waals surface area contributed by atoms with Gasteiger partial charge < -0.3 is 5.32 Å². The number of hydrogen-bond acceptors (Lipinski definition) is 3. The Labute approximate surface area is 99.2 Å². The van der Waals surface area contributed by atoms with Crippen molar-refractivity contribution in [2.45, 2.75) is 44.2 Å². The predicted octanol–water partition coefficient (Wildman–Crippen LogP) is 0.909. The maximum atomic E-state index is 3.51. The van der Waals surface area contributed by atoms with Crippen LogP contribution in [0.4, 0.5) is 0 Å². The second kappa shape index (κ2) is 5.03. The Bertz CT molecular complexity index is 223. The normalized spacial score (nSPS) is 38.2. The lowest BCUT2D eigenvalue weighted by Gasteiger charge is -2.34. The van der Waals surface area contributed by atoms with Gasteiger partial charge in [-0.25, -0.2) is 0 Å². The Hall–Kier alpha value is -0.120. The minimum atomic E-state index is 0.889. The molecule has 2 unspecified atom stereocenters. The molecule has 3 aliphatic heterocycles. The second-order valence-corrected chi connectivity index (χ2v) is 5.59. The topological polar surface area (TPSA) is 18.5 Å². The number of rotatable bonds is 1. The molecular formula is C13H25N3. The van der Waals surface area contributed by atoms with Crippen LogP contribution in [0.2, 0.25) is 0 Å².